The fourth-order valence-corrected chi connectivity index (χ4v) is 3.96. The van der Waals surface area contributed by atoms with Gasteiger partial charge in [0.1, 0.15) is 0 Å². The van der Waals surface area contributed by atoms with Gasteiger partial charge in [-0.05, 0) is 30.4 Å². The van der Waals surface area contributed by atoms with Crippen LogP contribution in [0.1, 0.15) is 21.5 Å². The van der Waals surface area contributed by atoms with E-state index in [1.807, 2.05) is 6.26 Å². The monoisotopic (exact) mass is 294 g/mol. The molecule has 1 heterocycles. The molecule has 1 atom stereocenters. The predicted molar refractivity (Wildman–Crippen MR) is 65.3 cm³/mol. The molecule has 0 aromatic heterocycles. The Labute approximate surface area is 110 Å². The van der Waals surface area contributed by atoms with Crippen LogP contribution in [0.25, 0.3) is 0 Å². The van der Waals surface area contributed by atoms with Gasteiger partial charge in [-0.2, -0.15) is 24.9 Å². The second kappa shape index (κ2) is 4.70. The van der Waals surface area contributed by atoms with E-state index in [4.69, 9.17) is 5.11 Å². The van der Waals surface area contributed by atoms with Crippen molar-refractivity contribution in [3.8, 4) is 0 Å². The van der Waals surface area contributed by atoms with E-state index in [2.05, 4.69) is 0 Å². The highest BCUT2D eigenvalue weighted by Crippen LogP contribution is 2.47. The van der Waals surface area contributed by atoms with E-state index in [0.717, 1.165) is 6.07 Å². The fourth-order valence-electron chi connectivity index (χ4n) is 1.93. The lowest BCUT2D eigenvalue weighted by Crippen LogP contribution is -2.16. The minimum Gasteiger partial charge on any atom is -0.478 e. The normalized spacial score (nSPS) is 18.8. The van der Waals surface area contributed by atoms with Crippen LogP contribution in [-0.2, 0) is 12.6 Å². The van der Waals surface area contributed by atoms with E-state index >= 15 is 0 Å². The Balaban J connectivity index is 2.61. The number of halogens is 3. The summed E-state index contributed by atoms with van der Waals surface area (Å²) in [5.41, 5.74) is -1.54. The SMILES string of the molecule is CSC1Cc2c(ccc(C(=O)O)c2C(F)(F)F)S1. The molecule has 18 heavy (non-hydrogen) atoms. The van der Waals surface area contributed by atoms with Gasteiger partial charge in [-0.25, -0.2) is 4.79 Å². The molecule has 1 unspecified atom stereocenters. The van der Waals surface area contributed by atoms with E-state index in [0.29, 0.717) is 4.90 Å². The molecule has 0 amide bonds. The van der Waals surface area contributed by atoms with Gasteiger partial charge in [-0.15, -0.1) is 11.8 Å². The number of carbonyl (C=O) groups is 1. The summed E-state index contributed by atoms with van der Waals surface area (Å²) in [7, 11) is 0. The van der Waals surface area contributed by atoms with E-state index in [-0.39, 0.29) is 16.6 Å². The second-order valence-electron chi connectivity index (χ2n) is 3.75. The van der Waals surface area contributed by atoms with E-state index in [1.165, 1.54) is 29.6 Å². The lowest BCUT2D eigenvalue weighted by atomic mass is 9.98. The molecule has 0 fully saturated rings. The number of hydrogen-bond acceptors (Lipinski definition) is 3. The Hall–Kier alpha value is -0.820. The number of thioether (sulfide) groups is 2. The lowest BCUT2D eigenvalue weighted by molar-refractivity contribution is -0.138. The summed E-state index contributed by atoms with van der Waals surface area (Å²) in [6.45, 7) is 0. The summed E-state index contributed by atoms with van der Waals surface area (Å²) in [6, 6.07) is 2.51. The first-order valence-corrected chi connectivity index (χ1v) is 7.17. The van der Waals surface area contributed by atoms with Crippen LogP contribution in [0.5, 0.6) is 0 Å². The number of carboxylic acid groups (broad SMARTS) is 1. The van der Waals surface area contributed by atoms with Crippen molar-refractivity contribution in [3.05, 3.63) is 28.8 Å². The number of benzene rings is 1. The minimum atomic E-state index is -4.63. The van der Waals surface area contributed by atoms with Crippen LogP contribution < -0.4 is 0 Å². The van der Waals surface area contributed by atoms with Gasteiger partial charge in [0, 0.05) is 4.90 Å². The summed E-state index contributed by atoms with van der Waals surface area (Å²) in [6.07, 6.45) is -2.56. The Morgan fingerprint density at radius 3 is 2.67 bits per heavy atom. The van der Waals surface area contributed by atoms with Crippen molar-refractivity contribution >= 4 is 29.5 Å². The molecule has 1 aromatic rings. The highest BCUT2D eigenvalue weighted by Gasteiger charge is 2.41. The number of alkyl halides is 3. The Morgan fingerprint density at radius 2 is 2.17 bits per heavy atom. The molecule has 7 heteroatoms. The zero-order valence-electron chi connectivity index (χ0n) is 9.25. The zero-order valence-corrected chi connectivity index (χ0v) is 10.9. The molecule has 1 aliphatic rings. The molecule has 0 bridgehead atoms. The topological polar surface area (TPSA) is 37.3 Å². The first-order chi connectivity index (χ1) is 8.34. The predicted octanol–water partition coefficient (Wildman–Crippen LogP) is 3.74. The van der Waals surface area contributed by atoms with Gasteiger partial charge in [-0.3, -0.25) is 0 Å². The van der Waals surface area contributed by atoms with E-state index in [1.54, 1.807) is 0 Å². The van der Waals surface area contributed by atoms with Gasteiger partial charge in [0.2, 0.25) is 0 Å². The van der Waals surface area contributed by atoms with Gasteiger partial charge in [0.25, 0.3) is 0 Å². The van der Waals surface area contributed by atoms with Crippen molar-refractivity contribution in [1.29, 1.82) is 0 Å². The van der Waals surface area contributed by atoms with Gasteiger partial charge in [-0.1, -0.05) is 0 Å². The van der Waals surface area contributed by atoms with Crippen LogP contribution >= 0.6 is 23.5 Å². The van der Waals surface area contributed by atoms with Crippen molar-refractivity contribution in [2.24, 2.45) is 0 Å². The summed E-state index contributed by atoms with van der Waals surface area (Å²) < 4.78 is 39.1. The molecule has 0 aliphatic carbocycles. The minimum absolute atomic E-state index is 0.0187. The highest BCUT2D eigenvalue weighted by atomic mass is 32.2. The molecule has 1 aromatic carbocycles. The molecule has 0 radical (unpaired) electrons. The summed E-state index contributed by atoms with van der Waals surface area (Å²) in [5, 5.41) is 8.87. The highest BCUT2D eigenvalue weighted by molar-refractivity contribution is 8.17. The van der Waals surface area contributed by atoms with Crippen molar-refractivity contribution < 1.29 is 23.1 Å². The first-order valence-electron chi connectivity index (χ1n) is 5.00. The second-order valence-corrected chi connectivity index (χ2v) is 6.34. The van der Waals surface area contributed by atoms with E-state index < -0.39 is 23.3 Å². The van der Waals surface area contributed by atoms with Crippen molar-refractivity contribution in [2.45, 2.75) is 22.1 Å². The molecule has 2 nitrogen and oxygen atoms in total. The van der Waals surface area contributed by atoms with Gasteiger partial charge >= 0.3 is 12.1 Å². The quantitative estimate of drug-likeness (QED) is 0.901. The van der Waals surface area contributed by atoms with Crippen molar-refractivity contribution in [1.82, 2.24) is 0 Å². The number of rotatable bonds is 2. The Kier molecular flexibility index (Phi) is 3.55. The third kappa shape index (κ3) is 2.33. The zero-order chi connectivity index (χ0) is 13.5. The first kappa shape index (κ1) is 13.6. The largest absolute Gasteiger partial charge is 0.478 e. The van der Waals surface area contributed by atoms with Crippen LogP contribution in [0, 0.1) is 0 Å². The third-order valence-electron chi connectivity index (χ3n) is 2.68. The summed E-state index contributed by atoms with van der Waals surface area (Å²) >= 11 is 2.83. The maximum absolute atomic E-state index is 13.0. The number of carboxylic acids is 1. The Bertz CT molecular complexity index is 500. The molecule has 1 aliphatic heterocycles. The van der Waals surface area contributed by atoms with Crippen molar-refractivity contribution in [3.63, 3.8) is 0 Å². The molecule has 0 saturated carbocycles. The molecule has 2 rings (SSSR count). The molecule has 0 spiro atoms. The summed E-state index contributed by atoms with van der Waals surface area (Å²) in [5.74, 6) is -1.54. The maximum Gasteiger partial charge on any atom is 0.417 e. The van der Waals surface area contributed by atoms with Crippen LogP contribution in [0.15, 0.2) is 17.0 Å². The standard InChI is InChI=1S/C11H9F3O2S2/c1-17-8-4-6-7(18-8)3-2-5(10(15)16)9(6)11(12,13)14/h2-3,8H,4H2,1H3,(H,15,16). The fraction of sp³-hybridized carbons (Fsp3) is 0.364. The number of fused-ring (bicyclic) bond motifs is 1. The molecule has 1 N–H and O–H groups in total. The van der Waals surface area contributed by atoms with Crippen LogP contribution in [-0.4, -0.2) is 21.9 Å². The van der Waals surface area contributed by atoms with Crippen LogP contribution in [0.4, 0.5) is 13.2 Å². The average molecular weight is 294 g/mol. The molecule has 98 valence electrons. The Morgan fingerprint density at radius 1 is 1.50 bits per heavy atom. The van der Waals surface area contributed by atoms with E-state index in [9.17, 15) is 18.0 Å². The van der Waals surface area contributed by atoms with Crippen LogP contribution in [0.2, 0.25) is 0 Å². The maximum atomic E-state index is 13.0. The van der Waals surface area contributed by atoms with Gasteiger partial charge in [0.05, 0.1) is 15.7 Å². The summed E-state index contributed by atoms with van der Waals surface area (Å²) in [4.78, 5) is 11.4. The molecular weight excluding hydrogens is 285 g/mol. The molecular formula is C11H9F3O2S2. The number of hydrogen-bond donors (Lipinski definition) is 1. The van der Waals surface area contributed by atoms with Crippen LogP contribution in [0.3, 0.4) is 0 Å². The molecule has 0 saturated heterocycles. The van der Waals surface area contributed by atoms with Gasteiger partial charge in [0.15, 0.2) is 0 Å². The third-order valence-corrected chi connectivity index (χ3v) is 5.30. The number of aromatic carboxylic acids is 1. The smallest absolute Gasteiger partial charge is 0.417 e. The lowest BCUT2D eigenvalue weighted by Gasteiger charge is -2.14. The van der Waals surface area contributed by atoms with Gasteiger partial charge < -0.3 is 5.11 Å². The van der Waals surface area contributed by atoms with Crippen molar-refractivity contribution in [2.75, 3.05) is 6.26 Å². The average Bonchev–Trinajstić information content (AvgIpc) is 2.68.